The summed E-state index contributed by atoms with van der Waals surface area (Å²) in [7, 11) is -7.62. The number of aromatic nitrogens is 4. The van der Waals surface area contributed by atoms with Crippen LogP contribution in [0.3, 0.4) is 0 Å². The van der Waals surface area contributed by atoms with Crippen LogP contribution >= 0.6 is 0 Å². The van der Waals surface area contributed by atoms with Gasteiger partial charge in [-0.2, -0.15) is 0 Å². The third-order valence-corrected chi connectivity index (χ3v) is 12.0. The molecule has 2 aliphatic heterocycles. The highest BCUT2D eigenvalue weighted by Gasteiger charge is 2.45. The fraction of sp³-hybridized carbons (Fsp3) is 0.379. The van der Waals surface area contributed by atoms with Gasteiger partial charge < -0.3 is 35.3 Å². The van der Waals surface area contributed by atoms with Crippen LogP contribution in [0.2, 0.25) is 0 Å². The number of fused-ring (bicyclic) bond motifs is 2. The third-order valence-electron chi connectivity index (χ3n) is 8.25. The van der Waals surface area contributed by atoms with E-state index in [9.17, 15) is 36.9 Å². The predicted octanol–water partition coefficient (Wildman–Crippen LogP) is -0.573. The maximum atomic E-state index is 12.8. The number of nitrogens with two attached hydrogens (primary N) is 1. The fourth-order valence-corrected chi connectivity index (χ4v) is 9.00. The first-order valence-corrected chi connectivity index (χ1v) is 18.1. The molecule has 0 spiro atoms. The smallest absolute Gasteiger partial charge is 0.342 e. The molecule has 1 saturated heterocycles. The summed E-state index contributed by atoms with van der Waals surface area (Å²) in [5.41, 5.74) is 8.32. The number of ether oxygens (including phenoxy) is 3. The molecule has 0 radical (unpaired) electrons. The Morgan fingerprint density at radius 3 is 2.51 bits per heavy atom. The number of anilines is 1. The molecule has 4 aromatic rings. The normalized spacial score (nSPS) is 20.9. The average molecular weight is 720 g/mol. The number of aromatic hydroxyl groups is 1. The number of hydrogen-bond acceptors (Lipinski definition) is 15. The summed E-state index contributed by atoms with van der Waals surface area (Å²) in [5.74, 6) is -0.530. The summed E-state index contributed by atoms with van der Waals surface area (Å²) in [5, 5.41) is 30.9. The number of aliphatic hydroxyl groups excluding tert-OH is 2. The van der Waals surface area contributed by atoms with Gasteiger partial charge in [0.05, 0.1) is 13.4 Å². The van der Waals surface area contributed by atoms with E-state index in [0.29, 0.717) is 16.7 Å². The van der Waals surface area contributed by atoms with Gasteiger partial charge in [0.1, 0.15) is 47.5 Å². The van der Waals surface area contributed by atoms with Gasteiger partial charge in [-0.1, -0.05) is 30.3 Å². The fourth-order valence-electron chi connectivity index (χ4n) is 5.87. The van der Waals surface area contributed by atoms with Gasteiger partial charge in [0.2, 0.25) is 20.0 Å². The number of carbonyl (C=O) groups excluding carboxylic acids is 1. The number of nitrogens with zero attached hydrogens (tertiary/aromatic N) is 4. The maximum Gasteiger partial charge on any atom is 0.342 e. The molecule has 1 fully saturated rings. The molecular formula is C29H33N7O11S2. The Hall–Kier alpha value is -4.44. The second kappa shape index (κ2) is 13.1. The van der Waals surface area contributed by atoms with Crippen LogP contribution in [0.5, 0.6) is 11.5 Å². The lowest BCUT2D eigenvalue weighted by Crippen LogP contribution is -2.43. The van der Waals surface area contributed by atoms with E-state index in [1.807, 2.05) is 6.07 Å². The lowest BCUT2D eigenvalue weighted by Gasteiger charge is -2.17. The third kappa shape index (κ3) is 6.63. The number of carbonyl (C=O) groups is 1. The van der Waals surface area contributed by atoms with Gasteiger partial charge in [-0.05, 0) is 18.9 Å². The summed E-state index contributed by atoms with van der Waals surface area (Å²) in [6, 6.07) is 8.97. The molecule has 7 N–H and O–H groups in total. The quantitative estimate of drug-likeness (QED) is 0.100. The van der Waals surface area contributed by atoms with Gasteiger partial charge in [-0.15, -0.1) is 0 Å². The SMILES string of the molecule is COc1c(C)c2c(c(O)c1CCNS(=O)(=O)CS(=O)(=O)NC[C@H]1O[C@@H](n3cnc4c(N)nc(-c5ccccc5)nc43)[C@H](O)[C@@H]1O)C(=O)OC2. The number of cyclic esters (lactones) is 1. The number of hydrogen-bond donors (Lipinski definition) is 6. The number of nitrogen functional groups attached to an aromatic ring is 1. The molecule has 2 aliphatic rings. The van der Waals surface area contributed by atoms with Crippen molar-refractivity contribution in [2.24, 2.45) is 0 Å². The van der Waals surface area contributed by atoms with E-state index < -0.39 is 67.9 Å². The van der Waals surface area contributed by atoms with Gasteiger partial charge in [0.25, 0.3) is 0 Å². The zero-order valence-electron chi connectivity index (χ0n) is 26.1. The Kier molecular flexibility index (Phi) is 9.21. The molecule has 0 unspecified atom stereocenters. The summed E-state index contributed by atoms with van der Waals surface area (Å²) in [4.78, 5) is 25.1. The number of esters is 1. The lowest BCUT2D eigenvalue weighted by atomic mass is 9.95. The topological polar surface area (TPSA) is 267 Å². The highest BCUT2D eigenvalue weighted by atomic mass is 32.3. The number of methoxy groups -OCH3 is 1. The molecule has 0 aliphatic carbocycles. The number of imidazole rings is 1. The van der Waals surface area contributed by atoms with Crippen LogP contribution < -0.4 is 19.9 Å². The molecule has 4 heterocycles. The summed E-state index contributed by atoms with van der Waals surface area (Å²) in [6.45, 7) is 0.707. The summed E-state index contributed by atoms with van der Waals surface area (Å²) in [6.07, 6.45) is -4.52. The van der Waals surface area contributed by atoms with Gasteiger partial charge in [-0.3, -0.25) is 4.57 Å². The molecule has 18 nitrogen and oxygen atoms in total. The second-order valence-corrected chi connectivity index (χ2v) is 15.4. The lowest BCUT2D eigenvalue weighted by molar-refractivity contribution is -0.0329. The average Bonchev–Trinajstić information content (AvgIpc) is 3.74. The zero-order chi connectivity index (χ0) is 35.2. The molecule has 49 heavy (non-hydrogen) atoms. The number of sulfonamides is 2. The van der Waals surface area contributed by atoms with Gasteiger partial charge in [0.15, 0.2) is 28.6 Å². The van der Waals surface area contributed by atoms with Crippen molar-refractivity contribution in [1.29, 1.82) is 0 Å². The van der Waals surface area contributed by atoms with Gasteiger partial charge in [0, 0.05) is 29.8 Å². The number of rotatable bonds is 12. The van der Waals surface area contributed by atoms with Gasteiger partial charge in [-0.25, -0.2) is 46.0 Å². The predicted molar refractivity (Wildman–Crippen MR) is 172 cm³/mol. The first-order valence-electron chi connectivity index (χ1n) is 14.8. The number of nitrogens with one attached hydrogen (secondary N) is 2. The Morgan fingerprint density at radius 1 is 1.08 bits per heavy atom. The monoisotopic (exact) mass is 719 g/mol. The molecule has 4 atom stereocenters. The van der Waals surface area contributed by atoms with Crippen molar-refractivity contribution >= 4 is 43.0 Å². The maximum absolute atomic E-state index is 12.8. The van der Waals surface area contributed by atoms with E-state index >= 15 is 0 Å². The van der Waals surface area contributed by atoms with Crippen molar-refractivity contribution in [2.45, 2.75) is 44.5 Å². The van der Waals surface area contributed by atoms with E-state index in [0.717, 1.165) is 0 Å². The zero-order valence-corrected chi connectivity index (χ0v) is 27.7. The van der Waals surface area contributed by atoms with E-state index in [1.54, 1.807) is 31.2 Å². The Bertz CT molecular complexity index is 2140. The molecule has 0 amide bonds. The molecule has 6 rings (SSSR count). The summed E-state index contributed by atoms with van der Waals surface area (Å²) >= 11 is 0. The summed E-state index contributed by atoms with van der Waals surface area (Å²) < 4.78 is 72.9. The Labute approximate surface area is 280 Å². The van der Waals surface area contributed by atoms with Crippen LogP contribution in [-0.4, -0.2) is 101 Å². The first-order chi connectivity index (χ1) is 23.2. The van der Waals surface area contributed by atoms with Crippen molar-refractivity contribution < 1.29 is 51.2 Å². The Morgan fingerprint density at radius 2 is 1.80 bits per heavy atom. The highest BCUT2D eigenvalue weighted by Crippen LogP contribution is 2.41. The standard InChI is InChI=1S/C29H33N7O11S2/c1-14-17-11-46-29(40)19(17)21(37)16(24(14)45-2)8-9-32-48(41,42)13-49(43,44)33-10-18-22(38)23(39)28(47-18)36-12-31-20-25(30)34-26(35-27(20)36)15-6-4-3-5-7-15/h3-7,12,18,22-23,28,32-33,37-39H,8-11,13H2,1-2H3,(H2,30,34,35)/t18-,22-,23-,28-/m1/s1. The largest absolute Gasteiger partial charge is 0.507 e. The van der Waals surface area contributed by atoms with Crippen LogP contribution in [0.25, 0.3) is 22.6 Å². The van der Waals surface area contributed by atoms with Crippen LogP contribution in [0, 0.1) is 6.92 Å². The first kappa shape index (κ1) is 34.4. The van der Waals surface area contributed by atoms with Gasteiger partial charge >= 0.3 is 5.97 Å². The van der Waals surface area contributed by atoms with E-state index in [1.165, 1.54) is 18.0 Å². The number of benzene rings is 2. The molecule has 20 heteroatoms. The van der Waals surface area contributed by atoms with Crippen LogP contribution in [0.4, 0.5) is 5.82 Å². The molecule has 0 bridgehead atoms. The highest BCUT2D eigenvalue weighted by molar-refractivity contribution is 8.06. The second-order valence-electron chi connectivity index (χ2n) is 11.4. The number of phenolic OH excluding ortho intramolecular Hbond substituents is 1. The minimum Gasteiger partial charge on any atom is -0.507 e. The van der Waals surface area contributed by atoms with Crippen LogP contribution in [0.1, 0.15) is 33.3 Å². The number of aliphatic hydroxyl groups is 2. The minimum absolute atomic E-state index is 0.0258. The van der Waals surface area contributed by atoms with E-state index in [4.69, 9.17) is 19.9 Å². The van der Waals surface area contributed by atoms with Crippen molar-refractivity contribution in [3.8, 4) is 22.9 Å². The van der Waals surface area contributed by atoms with Crippen LogP contribution in [-0.2, 0) is 42.5 Å². The molecule has 0 saturated carbocycles. The van der Waals surface area contributed by atoms with Crippen LogP contribution in [0.15, 0.2) is 36.7 Å². The minimum atomic E-state index is -4.52. The number of phenols is 1. The molecular weight excluding hydrogens is 686 g/mol. The van der Waals surface area contributed by atoms with E-state index in [-0.39, 0.29) is 59.3 Å². The molecule has 2 aromatic carbocycles. The molecule has 2 aromatic heterocycles. The van der Waals surface area contributed by atoms with Crippen molar-refractivity contribution in [3.05, 3.63) is 58.9 Å². The Balaban J connectivity index is 1.10. The molecule has 262 valence electrons. The van der Waals surface area contributed by atoms with Crippen molar-refractivity contribution in [3.63, 3.8) is 0 Å². The van der Waals surface area contributed by atoms with Crippen molar-refractivity contribution in [2.75, 3.05) is 31.0 Å². The van der Waals surface area contributed by atoms with E-state index in [2.05, 4.69) is 24.4 Å². The van der Waals surface area contributed by atoms with Crippen molar-refractivity contribution in [1.82, 2.24) is 29.0 Å².